The first kappa shape index (κ1) is 22.3. The molecule has 168 valence electrons. The number of rotatable bonds is 4. The van der Waals surface area contributed by atoms with E-state index in [4.69, 9.17) is 0 Å². The summed E-state index contributed by atoms with van der Waals surface area (Å²) in [5.41, 5.74) is 7.45. The van der Waals surface area contributed by atoms with Crippen molar-refractivity contribution in [1.29, 1.82) is 0 Å². The van der Waals surface area contributed by atoms with E-state index in [1.165, 1.54) is 0 Å². The standard InChI is InChI=1S/C27H27N3O3/c1-6-20-10-12-22(13-11-20)30-26(32)23(25(31)28-27(30)33)15-21-14-18(4)29(19(21)5)24-16(2)8-7-9-17(24)3/h7-15H,6H2,1-5H3,(H,28,31,33). The fraction of sp³-hybridized carbons (Fsp3) is 0.222. The lowest BCUT2D eigenvalue weighted by atomic mass is 10.1. The van der Waals surface area contributed by atoms with Gasteiger partial charge in [0.15, 0.2) is 0 Å². The van der Waals surface area contributed by atoms with Crippen molar-refractivity contribution >= 4 is 29.6 Å². The molecular weight excluding hydrogens is 414 g/mol. The quantitative estimate of drug-likeness (QED) is 0.460. The fourth-order valence-corrected chi connectivity index (χ4v) is 4.36. The second-order valence-electron chi connectivity index (χ2n) is 8.38. The first-order chi connectivity index (χ1) is 15.7. The number of aromatic nitrogens is 1. The number of carbonyl (C=O) groups is 3. The number of urea groups is 1. The van der Waals surface area contributed by atoms with E-state index in [-0.39, 0.29) is 5.57 Å². The predicted molar refractivity (Wildman–Crippen MR) is 130 cm³/mol. The number of amides is 4. The number of nitrogens with one attached hydrogen (secondary N) is 1. The third-order valence-corrected chi connectivity index (χ3v) is 6.14. The molecule has 6 nitrogen and oxygen atoms in total. The second kappa shape index (κ2) is 8.54. The van der Waals surface area contributed by atoms with E-state index in [9.17, 15) is 14.4 Å². The maximum Gasteiger partial charge on any atom is 0.335 e. The molecule has 33 heavy (non-hydrogen) atoms. The lowest BCUT2D eigenvalue weighted by Crippen LogP contribution is -2.54. The van der Waals surface area contributed by atoms with E-state index in [0.717, 1.165) is 50.6 Å². The molecule has 0 saturated carbocycles. The zero-order chi connectivity index (χ0) is 23.9. The Kier molecular flexibility index (Phi) is 5.77. The van der Waals surface area contributed by atoms with Crippen LogP contribution in [0.25, 0.3) is 11.8 Å². The smallest absolute Gasteiger partial charge is 0.317 e. The second-order valence-corrected chi connectivity index (χ2v) is 8.38. The predicted octanol–water partition coefficient (Wildman–Crippen LogP) is 4.94. The van der Waals surface area contributed by atoms with Gasteiger partial charge in [0.2, 0.25) is 0 Å². The van der Waals surface area contributed by atoms with Gasteiger partial charge < -0.3 is 4.57 Å². The van der Waals surface area contributed by atoms with Crippen LogP contribution in [0.1, 0.15) is 40.6 Å². The number of carbonyl (C=O) groups excluding carboxylic acids is 3. The number of barbiturate groups is 1. The van der Waals surface area contributed by atoms with Crippen LogP contribution < -0.4 is 10.2 Å². The van der Waals surface area contributed by atoms with Gasteiger partial charge in [-0.3, -0.25) is 14.9 Å². The summed E-state index contributed by atoms with van der Waals surface area (Å²) >= 11 is 0. The molecule has 4 amide bonds. The molecule has 1 N–H and O–H groups in total. The molecule has 0 atom stereocenters. The maximum atomic E-state index is 13.3. The monoisotopic (exact) mass is 441 g/mol. The van der Waals surface area contributed by atoms with Gasteiger partial charge in [-0.05, 0) is 80.6 Å². The molecule has 1 saturated heterocycles. The Bertz CT molecular complexity index is 1290. The van der Waals surface area contributed by atoms with E-state index >= 15 is 0 Å². The zero-order valence-corrected chi connectivity index (χ0v) is 19.5. The third kappa shape index (κ3) is 3.89. The van der Waals surface area contributed by atoms with Gasteiger partial charge in [-0.15, -0.1) is 0 Å². The van der Waals surface area contributed by atoms with Crippen LogP contribution in [-0.4, -0.2) is 22.4 Å². The number of nitrogens with zero attached hydrogens (tertiary/aromatic N) is 2. The summed E-state index contributed by atoms with van der Waals surface area (Å²) in [6, 6.07) is 14.5. The summed E-state index contributed by atoms with van der Waals surface area (Å²) in [5.74, 6) is -1.33. The Hall–Kier alpha value is -3.93. The summed E-state index contributed by atoms with van der Waals surface area (Å²) in [5, 5.41) is 2.30. The highest BCUT2D eigenvalue weighted by Gasteiger charge is 2.37. The van der Waals surface area contributed by atoms with Crippen LogP contribution in [0.3, 0.4) is 0 Å². The normalized spacial score (nSPS) is 15.4. The highest BCUT2D eigenvalue weighted by molar-refractivity contribution is 6.39. The Morgan fingerprint density at radius 3 is 2.15 bits per heavy atom. The van der Waals surface area contributed by atoms with Crippen LogP contribution in [-0.2, 0) is 16.0 Å². The minimum absolute atomic E-state index is 0.0732. The minimum atomic E-state index is -0.743. The number of imide groups is 2. The highest BCUT2D eigenvalue weighted by Crippen LogP contribution is 2.28. The third-order valence-electron chi connectivity index (χ3n) is 6.14. The maximum absolute atomic E-state index is 13.3. The number of para-hydroxylation sites is 1. The van der Waals surface area contributed by atoms with Gasteiger partial charge in [0.05, 0.1) is 11.4 Å². The fourth-order valence-electron chi connectivity index (χ4n) is 4.36. The average Bonchev–Trinajstić information content (AvgIpc) is 3.04. The first-order valence-electron chi connectivity index (χ1n) is 11.0. The summed E-state index contributed by atoms with van der Waals surface area (Å²) in [7, 11) is 0. The summed E-state index contributed by atoms with van der Waals surface area (Å²) in [6.07, 6.45) is 2.42. The molecule has 6 heteroatoms. The van der Waals surface area contributed by atoms with Crippen molar-refractivity contribution in [3.63, 3.8) is 0 Å². The van der Waals surface area contributed by atoms with Gasteiger partial charge in [-0.25, -0.2) is 9.69 Å². The van der Waals surface area contributed by atoms with E-state index in [0.29, 0.717) is 5.69 Å². The van der Waals surface area contributed by atoms with E-state index in [1.807, 2.05) is 45.0 Å². The van der Waals surface area contributed by atoms with E-state index < -0.39 is 17.8 Å². The molecule has 1 aliphatic rings. The molecule has 1 aromatic heterocycles. The van der Waals surface area contributed by atoms with Gasteiger partial charge in [0.25, 0.3) is 11.8 Å². The van der Waals surface area contributed by atoms with Crippen molar-refractivity contribution in [1.82, 2.24) is 9.88 Å². The molecule has 0 radical (unpaired) electrons. The molecular formula is C27H27N3O3. The molecule has 0 aliphatic carbocycles. The van der Waals surface area contributed by atoms with Gasteiger partial charge in [-0.1, -0.05) is 37.3 Å². The molecule has 1 fully saturated rings. The van der Waals surface area contributed by atoms with Gasteiger partial charge >= 0.3 is 6.03 Å². The summed E-state index contributed by atoms with van der Waals surface area (Å²) < 4.78 is 2.13. The lowest BCUT2D eigenvalue weighted by Gasteiger charge is -2.26. The van der Waals surface area contributed by atoms with Gasteiger partial charge in [0, 0.05) is 11.4 Å². The van der Waals surface area contributed by atoms with Crippen molar-refractivity contribution in [3.8, 4) is 5.69 Å². The van der Waals surface area contributed by atoms with Gasteiger partial charge in [-0.2, -0.15) is 0 Å². The number of hydrogen-bond acceptors (Lipinski definition) is 3. The number of benzene rings is 2. The van der Waals surface area contributed by atoms with E-state index in [1.54, 1.807) is 18.2 Å². The minimum Gasteiger partial charge on any atom is -0.317 e. The molecule has 2 heterocycles. The topological polar surface area (TPSA) is 71.4 Å². The molecule has 1 aliphatic heterocycles. The zero-order valence-electron chi connectivity index (χ0n) is 19.5. The Labute approximate surface area is 193 Å². The number of aryl methyl sites for hydroxylation is 4. The van der Waals surface area contributed by atoms with Crippen molar-refractivity contribution < 1.29 is 14.4 Å². The first-order valence-corrected chi connectivity index (χ1v) is 11.0. The molecule has 2 aromatic carbocycles. The van der Waals surface area contributed by atoms with E-state index in [2.05, 4.69) is 35.9 Å². The SMILES string of the molecule is CCc1ccc(N2C(=O)NC(=O)C(=Cc3cc(C)n(-c4c(C)cccc4C)c3C)C2=O)cc1. The largest absolute Gasteiger partial charge is 0.335 e. The van der Waals surface area contributed by atoms with Crippen molar-refractivity contribution in [3.05, 3.63) is 87.7 Å². The number of anilines is 1. The average molecular weight is 442 g/mol. The van der Waals surface area contributed by atoms with Crippen LogP contribution in [0.15, 0.2) is 54.1 Å². The van der Waals surface area contributed by atoms with Crippen LogP contribution in [0.2, 0.25) is 0 Å². The summed E-state index contributed by atoms with van der Waals surface area (Å²) in [4.78, 5) is 39.4. The van der Waals surface area contributed by atoms with Crippen molar-refractivity contribution in [2.24, 2.45) is 0 Å². The summed E-state index contributed by atoms with van der Waals surface area (Å²) in [6.45, 7) is 10.1. The number of hydrogen-bond donors (Lipinski definition) is 1. The lowest BCUT2D eigenvalue weighted by molar-refractivity contribution is -0.122. The Morgan fingerprint density at radius 2 is 1.55 bits per heavy atom. The molecule has 0 bridgehead atoms. The van der Waals surface area contributed by atoms with Crippen molar-refractivity contribution in [2.75, 3.05) is 4.90 Å². The van der Waals surface area contributed by atoms with Crippen LogP contribution in [0.5, 0.6) is 0 Å². The highest BCUT2D eigenvalue weighted by atomic mass is 16.2. The molecule has 4 rings (SSSR count). The van der Waals surface area contributed by atoms with Gasteiger partial charge in [0.1, 0.15) is 5.57 Å². The van der Waals surface area contributed by atoms with Crippen LogP contribution in [0, 0.1) is 27.7 Å². The molecule has 0 spiro atoms. The Morgan fingerprint density at radius 1 is 0.909 bits per heavy atom. The Balaban J connectivity index is 1.77. The molecule has 3 aromatic rings. The van der Waals surface area contributed by atoms with Crippen LogP contribution >= 0.6 is 0 Å². The van der Waals surface area contributed by atoms with Crippen LogP contribution in [0.4, 0.5) is 10.5 Å². The van der Waals surface area contributed by atoms with Crippen molar-refractivity contribution in [2.45, 2.75) is 41.0 Å². The molecule has 0 unspecified atom stereocenters.